The molecule has 0 radical (unpaired) electrons. The molecule has 0 spiro atoms. The van der Waals surface area contributed by atoms with Gasteiger partial charge in [-0.2, -0.15) is 0 Å². The van der Waals surface area contributed by atoms with Crippen molar-refractivity contribution < 1.29 is 5.11 Å². The van der Waals surface area contributed by atoms with Crippen LogP contribution in [-0.4, -0.2) is 23.8 Å². The predicted molar refractivity (Wildman–Crippen MR) is 62.4 cm³/mol. The maximum atomic E-state index is 9.22. The van der Waals surface area contributed by atoms with Crippen molar-refractivity contribution in [3.63, 3.8) is 0 Å². The molecule has 0 aliphatic rings. The quantitative estimate of drug-likeness (QED) is 0.716. The smallest absolute Gasteiger partial charge is 0.0515 e. The fraction of sp³-hybridized carbons (Fsp3) is 1.00. The molecule has 3 atom stereocenters. The topological polar surface area (TPSA) is 32.3 Å². The van der Waals surface area contributed by atoms with Gasteiger partial charge in [-0.15, -0.1) is 0 Å². The molecule has 0 amide bonds. The molecule has 0 aromatic rings. The molecule has 14 heavy (non-hydrogen) atoms. The van der Waals surface area contributed by atoms with Gasteiger partial charge in [0.1, 0.15) is 0 Å². The summed E-state index contributed by atoms with van der Waals surface area (Å²) in [6.45, 7) is 14.0. The maximum absolute atomic E-state index is 9.22. The molecule has 0 aromatic heterocycles. The van der Waals surface area contributed by atoms with Crippen molar-refractivity contribution in [2.45, 2.75) is 60.1 Å². The molecule has 0 aromatic carbocycles. The molecule has 86 valence electrons. The van der Waals surface area contributed by atoms with Gasteiger partial charge < -0.3 is 10.4 Å². The Morgan fingerprint density at radius 2 is 1.64 bits per heavy atom. The third-order valence-electron chi connectivity index (χ3n) is 2.82. The summed E-state index contributed by atoms with van der Waals surface area (Å²) < 4.78 is 0. The van der Waals surface area contributed by atoms with Gasteiger partial charge in [0.2, 0.25) is 0 Å². The van der Waals surface area contributed by atoms with Crippen molar-refractivity contribution in [3.05, 3.63) is 0 Å². The fourth-order valence-electron chi connectivity index (χ4n) is 1.35. The van der Waals surface area contributed by atoms with Crippen LogP contribution in [0.25, 0.3) is 0 Å². The number of hydrogen-bond acceptors (Lipinski definition) is 2. The van der Waals surface area contributed by atoms with Crippen molar-refractivity contribution in [2.24, 2.45) is 11.3 Å². The van der Waals surface area contributed by atoms with E-state index >= 15 is 0 Å². The average molecular weight is 201 g/mol. The van der Waals surface area contributed by atoms with E-state index in [4.69, 9.17) is 0 Å². The molecular weight excluding hydrogens is 174 g/mol. The SMILES string of the molecule is CC(O)CC(C)CNC(C)C(C)(C)C. The Hall–Kier alpha value is -0.0800. The number of hydrogen-bond donors (Lipinski definition) is 2. The van der Waals surface area contributed by atoms with E-state index in [0.717, 1.165) is 13.0 Å². The van der Waals surface area contributed by atoms with Crippen molar-refractivity contribution in [1.82, 2.24) is 5.32 Å². The van der Waals surface area contributed by atoms with Gasteiger partial charge >= 0.3 is 0 Å². The van der Waals surface area contributed by atoms with Crippen molar-refractivity contribution >= 4 is 0 Å². The molecule has 0 saturated carbocycles. The zero-order valence-corrected chi connectivity index (χ0v) is 10.6. The highest BCUT2D eigenvalue weighted by Gasteiger charge is 2.19. The van der Waals surface area contributed by atoms with E-state index in [1.807, 2.05) is 6.92 Å². The van der Waals surface area contributed by atoms with Gasteiger partial charge in [-0.1, -0.05) is 27.7 Å². The number of aliphatic hydroxyl groups excluding tert-OH is 1. The van der Waals surface area contributed by atoms with Gasteiger partial charge in [0.15, 0.2) is 0 Å². The van der Waals surface area contributed by atoms with Crippen LogP contribution in [-0.2, 0) is 0 Å². The predicted octanol–water partition coefficient (Wildman–Crippen LogP) is 2.42. The van der Waals surface area contributed by atoms with E-state index in [0.29, 0.717) is 17.4 Å². The first-order chi connectivity index (χ1) is 6.23. The summed E-state index contributed by atoms with van der Waals surface area (Å²) in [5.74, 6) is 0.541. The first-order valence-electron chi connectivity index (χ1n) is 5.65. The summed E-state index contributed by atoms with van der Waals surface area (Å²) in [6, 6.07) is 0.513. The van der Waals surface area contributed by atoms with Crippen molar-refractivity contribution in [3.8, 4) is 0 Å². The van der Waals surface area contributed by atoms with Gasteiger partial charge in [-0.3, -0.25) is 0 Å². The van der Waals surface area contributed by atoms with Crippen LogP contribution < -0.4 is 5.32 Å². The molecule has 0 bridgehead atoms. The second-order valence-electron chi connectivity index (χ2n) is 5.69. The lowest BCUT2D eigenvalue weighted by Gasteiger charge is -2.29. The van der Waals surface area contributed by atoms with E-state index < -0.39 is 0 Å². The van der Waals surface area contributed by atoms with Gasteiger partial charge in [0, 0.05) is 6.04 Å². The first-order valence-corrected chi connectivity index (χ1v) is 5.65. The Morgan fingerprint density at radius 3 is 2.00 bits per heavy atom. The lowest BCUT2D eigenvalue weighted by atomic mass is 9.87. The summed E-state index contributed by atoms with van der Waals surface area (Å²) >= 11 is 0. The van der Waals surface area contributed by atoms with Crippen molar-refractivity contribution in [1.29, 1.82) is 0 Å². The van der Waals surface area contributed by atoms with E-state index in [-0.39, 0.29) is 6.10 Å². The Balaban J connectivity index is 3.72. The first kappa shape index (κ1) is 13.9. The van der Waals surface area contributed by atoms with E-state index in [1.165, 1.54) is 0 Å². The number of aliphatic hydroxyl groups is 1. The van der Waals surface area contributed by atoms with E-state index in [2.05, 4.69) is 39.9 Å². The molecule has 3 unspecified atom stereocenters. The second kappa shape index (κ2) is 5.72. The van der Waals surface area contributed by atoms with Crippen LogP contribution in [0.5, 0.6) is 0 Å². The molecule has 0 saturated heterocycles. The normalized spacial score (nSPS) is 19.1. The molecular formula is C12H27NO. The summed E-state index contributed by atoms with van der Waals surface area (Å²) in [7, 11) is 0. The van der Waals surface area contributed by atoms with Crippen LogP contribution in [0.4, 0.5) is 0 Å². The maximum Gasteiger partial charge on any atom is 0.0515 e. The van der Waals surface area contributed by atoms with Gasteiger partial charge in [-0.25, -0.2) is 0 Å². The van der Waals surface area contributed by atoms with Crippen LogP contribution in [0.1, 0.15) is 48.0 Å². The summed E-state index contributed by atoms with van der Waals surface area (Å²) in [5.41, 5.74) is 0.310. The summed E-state index contributed by atoms with van der Waals surface area (Å²) in [6.07, 6.45) is 0.695. The van der Waals surface area contributed by atoms with E-state index in [1.54, 1.807) is 0 Å². The Labute approximate surface area is 89.1 Å². The Bertz CT molecular complexity index is 149. The molecule has 2 N–H and O–H groups in total. The number of nitrogens with one attached hydrogen (secondary N) is 1. The molecule has 0 fully saturated rings. The summed E-state index contributed by atoms with van der Waals surface area (Å²) in [5, 5.41) is 12.7. The van der Waals surface area contributed by atoms with Crippen LogP contribution in [0.3, 0.4) is 0 Å². The standard InChI is InChI=1S/C12H27NO/c1-9(7-10(2)14)8-13-11(3)12(4,5)6/h9-11,13-14H,7-8H2,1-6H3. The monoisotopic (exact) mass is 201 g/mol. The van der Waals surface area contributed by atoms with Crippen LogP contribution >= 0.6 is 0 Å². The van der Waals surface area contributed by atoms with Crippen LogP contribution in [0.15, 0.2) is 0 Å². The third-order valence-corrected chi connectivity index (χ3v) is 2.82. The zero-order chi connectivity index (χ0) is 11.4. The second-order valence-corrected chi connectivity index (χ2v) is 5.69. The molecule has 2 heteroatoms. The van der Waals surface area contributed by atoms with Crippen molar-refractivity contribution in [2.75, 3.05) is 6.54 Å². The number of rotatable bonds is 5. The third kappa shape index (κ3) is 6.39. The van der Waals surface area contributed by atoms with Crippen LogP contribution in [0, 0.1) is 11.3 Å². The molecule has 2 nitrogen and oxygen atoms in total. The fourth-order valence-corrected chi connectivity index (χ4v) is 1.35. The molecule has 0 heterocycles. The Morgan fingerprint density at radius 1 is 1.14 bits per heavy atom. The molecule has 0 rings (SSSR count). The summed E-state index contributed by atoms with van der Waals surface area (Å²) in [4.78, 5) is 0. The van der Waals surface area contributed by atoms with Gasteiger partial charge in [0.05, 0.1) is 6.10 Å². The van der Waals surface area contributed by atoms with E-state index in [9.17, 15) is 5.11 Å². The highest BCUT2D eigenvalue weighted by molar-refractivity contribution is 4.76. The average Bonchev–Trinajstić information content (AvgIpc) is 1.96. The molecule has 0 aliphatic carbocycles. The minimum Gasteiger partial charge on any atom is -0.393 e. The zero-order valence-electron chi connectivity index (χ0n) is 10.6. The minimum absolute atomic E-state index is 0.184. The van der Waals surface area contributed by atoms with Gasteiger partial charge in [0.25, 0.3) is 0 Å². The largest absolute Gasteiger partial charge is 0.393 e. The van der Waals surface area contributed by atoms with Gasteiger partial charge in [-0.05, 0) is 38.1 Å². The molecule has 0 aliphatic heterocycles. The Kier molecular flexibility index (Phi) is 5.68. The highest BCUT2D eigenvalue weighted by atomic mass is 16.3. The minimum atomic E-state index is -0.184. The highest BCUT2D eigenvalue weighted by Crippen LogP contribution is 2.18. The lowest BCUT2D eigenvalue weighted by Crippen LogP contribution is -2.40. The van der Waals surface area contributed by atoms with Crippen LogP contribution in [0.2, 0.25) is 0 Å². The lowest BCUT2D eigenvalue weighted by molar-refractivity contribution is 0.159.